The van der Waals surface area contributed by atoms with E-state index in [-0.39, 0.29) is 23.8 Å². The number of halogens is 2. The molecule has 0 atom stereocenters. The van der Waals surface area contributed by atoms with Gasteiger partial charge in [0.25, 0.3) is 5.89 Å². The molecular weight excluding hydrogens is 338 g/mol. The fraction of sp³-hybridized carbons (Fsp3) is 0.438. The molecule has 1 heterocycles. The van der Waals surface area contributed by atoms with Crippen molar-refractivity contribution in [2.24, 2.45) is 5.92 Å². The Hall–Kier alpha value is -2.71. The van der Waals surface area contributed by atoms with Gasteiger partial charge in [0.05, 0.1) is 7.11 Å². The third kappa shape index (κ3) is 5.13. The quantitative estimate of drug-likeness (QED) is 0.671. The van der Waals surface area contributed by atoms with Crippen LogP contribution in [0.2, 0.25) is 0 Å². The van der Waals surface area contributed by atoms with Gasteiger partial charge in [0, 0.05) is 6.42 Å². The molecule has 0 bridgehead atoms. The molecule has 0 fully saturated rings. The molecule has 136 valence electrons. The molecule has 9 heteroatoms. The molecule has 2 rings (SSSR count). The Labute approximate surface area is 142 Å². The second-order valence-corrected chi connectivity index (χ2v) is 5.49. The summed E-state index contributed by atoms with van der Waals surface area (Å²) in [5.74, 6) is -0.313. The van der Waals surface area contributed by atoms with Crippen LogP contribution in [-0.4, -0.2) is 29.8 Å². The minimum Gasteiger partial charge on any atom is -0.493 e. The van der Waals surface area contributed by atoms with Gasteiger partial charge in [-0.15, -0.1) is 0 Å². The molecular formula is C16H18F2N2O5. The van der Waals surface area contributed by atoms with Crippen molar-refractivity contribution in [2.45, 2.75) is 33.5 Å². The van der Waals surface area contributed by atoms with Crippen molar-refractivity contribution in [2.75, 3.05) is 7.11 Å². The number of carbonyl (C=O) groups is 1. The van der Waals surface area contributed by atoms with Crippen molar-refractivity contribution in [3.63, 3.8) is 0 Å². The first-order valence-corrected chi connectivity index (χ1v) is 7.51. The molecule has 0 aliphatic heterocycles. The third-order valence-electron chi connectivity index (χ3n) is 3.05. The average Bonchev–Trinajstić information content (AvgIpc) is 2.99. The van der Waals surface area contributed by atoms with E-state index in [0.29, 0.717) is 18.2 Å². The van der Waals surface area contributed by atoms with Crippen LogP contribution in [-0.2, 0) is 17.8 Å². The van der Waals surface area contributed by atoms with Crippen molar-refractivity contribution in [3.05, 3.63) is 35.5 Å². The Bertz CT molecular complexity index is 718. The highest BCUT2D eigenvalue weighted by Crippen LogP contribution is 2.33. The van der Waals surface area contributed by atoms with E-state index in [1.807, 2.05) is 13.8 Å². The number of carbonyl (C=O) groups excluding carboxylic acids is 1. The van der Waals surface area contributed by atoms with Gasteiger partial charge in [-0.2, -0.15) is 13.8 Å². The van der Waals surface area contributed by atoms with E-state index >= 15 is 0 Å². The highest BCUT2D eigenvalue weighted by atomic mass is 19.3. The van der Waals surface area contributed by atoms with Gasteiger partial charge in [0.1, 0.15) is 5.56 Å². The summed E-state index contributed by atoms with van der Waals surface area (Å²) in [5.41, 5.74) is -0.193. The summed E-state index contributed by atoms with van der Waals surface area (Å²) < 4.78 is 44.5. The number of hydrogen-bond acceptors (Lipinski definition) is 7. The monoisotopic (exact) mass is 356 g/mol. The molecule has 0 amide bonds. The van der Waals surface area contributed by atoms with E-state index in [9.17, 15) is 13.6 Å². The second kappa shape index (κ2) is 8.41. The molecule has 25 heavy (non-hydrogen) atoms. The largest absolute Gasteiger partial charge is 0.493 e. The van der Waals surface area contributed by atoms with Crippen LogP contribution in [0.4, 0.5) is 8.78 Å². The summed E-state index contributed by atoms with van der Waals surface area (Å²) >= 11 is 0. The first kappa shape index (κ1) is 18.6. The number of rotatable bonds is 8. The SMILES string of the molecule is COc1cccc(C(=O)OCc2nc(CC(C)C)no2)c1OC(F)F. The van der Waals surface area contributed by atoms with Gasteiger partial charge in [-0.25, -0.2) is 4.79 Å². The zero-order valence-electron chi connectivity index (χ0n) is 14.0. The highest BCUT2D eigenvalue weighted by Gasteiger charge is 2.22. The lowest BCUT2D eigenvalue weighted by Crippen LogP contribution is -2.12. The Balaban J connectivity index is 2.09. The zero-order valence-corrected chi connectivity index (χ0v) is 14.0. The molecule has 1 aromatic heterocycles. The van der Waals surface area contributed by atoms with Crippen LogP contribution in [0.1, 0.15) is 35.9 Å². The topological polar surface area (TPSA) is 83.7 Å². The first-order chi connectivity index (χ1) is 11.9. The number of alkyl halides is 2. The van der Waals surface area contributed by atoms with E-state index in [2.05, 4.69) is 14.9 Å². The molecule has 0 unspecified atom stereocenters. The second-order valence-electron chi connectivity index (χ2n) is 5.49. The van der Waals surface area contributed by atoms with Crippen molar-refractivity contribution >= 4 is 5.97 Å². The van der Waals surface area contributed by atoms with Crippen LogP contribution < -0.4 is 9.47 Å². The number of nitrogens with zero attached hydrogens (tertiary/aromatic N) is 2. The molecule has 1 aromatic carbocycles. The Morgan fingerprint density at radius 1 is 1.32 bits per heavy atom. The van der Waals surface area contributed by atoms with E-state index < -0.39 is 18.3 Å². The summed E-state index contributed by atoms with van der Waals surface area (Å²) in [6.07, 6.45) is 0.625. The lowest BCUT2D eigenvalue weighted by Gasteiger charge is -2.13. The summed E-state index contributed by atoms with van der Waals surface area (Å²) in [6, 6.07) is 4.15. The third-order valence-corrected chi connectivity index (χ3v) is 3.05. The van der Waals surface area contributed by atoms with Crippen molar-refractivity contribution < 1.29 is 32.3 Å². The molecule has 0 N–H and O–H groups in total. The number of benzene rings is 1. The summed E-state index contributed by atoms with van der Waals surface area (Å²) in [6.45, 7) is 0.611. The first-order valence-electron chi connectivity index (χ1n) is 7.51. The average molecular weight is 356 g/mol. The minimum absolute atomic E-state index is 0.00763. The highest BCUT2D eigenvalue weighted by molar-refractivity contribution is 5.93. The van der Waals surface area contributed by atoms with Crippen LogP contribution in [0.3, 0.4) is 0 Å². The maximum Gasteiger partial charge on any atom is 0.387 e. The molecule has 0 spiro atoms. The molecule has 0 saturated carbocycles. The lowest BCUT2D eigenvalue weighted by atomic mass is 10.1. The van der Waals surface area contributed by atoms with Gasteiger partial charge in [-0.05, 0) is 18.1 Å². The van der Waals surface area contributed by atoms with Gasteiger partial charge in [-0.1, -0.05) is 25.1 Å². The number of aromatic nitrogens is 2. The smallest absolute Gasteiger partial charge is 0.387 e. The van der Waals surface area contributed by atoms with Crippen LogP contribution >= 0.6 is 0 Å². The van der Waals surface area contributed by atoms with Gasteiger partial charge in [-0.3, -0.25) is 0 Å². The molecule has 0 saturated heterocycles. The molecule has 0 radical (unpaired) electrons. The van der Waals surface area contributed by atoms with E-state index in [4.69, 9.17) is 14.0 Å². The number of methoxy groups -OCH3 is 1. The molecule has 2 aromatic rings. The predicted octanol–water partition coefficient (Wildman–Crippen LogP) is 3.24. The Morgan fingerprint density at radius 2 is 2.08 bits per heavy atom. The van der Waals surface area contributed by atoms with E-state index in [0.717, 1.165) is 0 Å². The van der Waals surface area contributed by atoms with E-state index in [1.165, 1.54) is 25.3 Å². The maximum absolute atomic E-state index is 12.6. The molecule has 7 nitrogen and oxygen atoms in total. The number of ether oxygens (including phenoxy) is 3. The standard InChI is InChI=1S/C16H18F2N2O5/c1-9(2)7-12-19-13(25-20-12)8-23-15(21)10-5-4-6-11(22-3)14(10)24-16(17)18/h4-6,9,16H,7-8H2,1-3H3. The Morgan fingerprint density at radius 3 is 2.72 bits per heavy atom. The summed E-state index contributed by atoms with van der Waals surface area (Å²) in [4.78, 5) is 16.3. The van der Waals surface area contributed by atoms with Crippen LogP contribution in [0.25, 0.3) is 0 Å². The van der Waals surface area contributed by atoms with Gasteiger partial charge in [0.2, 0.25) is 0 Å². The fourth-order valence-corrected chi connectivity index (χ4v) is 2.05. The lowest BCUT2D eigenvalue weighted by molar-refractivity contribution is -0.0519. The summed E-state index contributed by atoms with van der Waals surface area (Å²) in [5, 5.41) is 3.77. The van der Waals surface area contributed by atoms with Crippen LogP contribution in [0.15, 0.2) is 22.7 Å². The van der Waals surface area contributed by atoms with Crippen molar-refractivity contribution in [3.8, 4) is 11.5 Å². The zero-order chi connectivity index (χ0) is 18.4. The number of para-hydroxylation sites is 1. The van der Waals surface area contributed by atoms with Gasteiger partial charge >= 0.3 is 12.6 Å². The van der Waals surface area contributed by atoms with Crippen molar-refractivity contribution in [1.82, 2.24) is 10.1 Å². The van der Waals surface area contributed by atoms with Crippen LogP contribution in [0.5, 0.6) is 11.5 Å². The van der Waals surface area contributed by atoms with Gasteiger partial charge in [0.15, 0.2) is 23.9 Å². The summed E-state index contributed by atoms with van der Waals surface area (Å²) in [7, 11) is 1.28. The van der Waals surface area contributed by atoms with Crippen molar-refractivity contribution in [1.29, 1.82) is 0 Å². The van der Waals surface area contributed by atoms with E-state index in [1.54, 1.807) is 0 Å². The molecule has 0 aliphatic carbocycles. The number of hydrogen-bond donors (Lipinski definition) is 0. The normalized spacial score (nSPS) is 11.0. The predicted molar refractivity (Wildman–Crippen MR) is 81.6 cm³/mol. The minimum atomic E-state index is -3.11. The van der Waals surface area contributed by atoms with Crippen LogP contribution in [0, 0.1) is 5.92 Å². The Kier molecular flexibility index (Phi) is 6.26. The number of esters is 1. The maximum atomic E-state index is 12.6. The van der Waals surface area contributed by atoms with Gasteiger partial charge < -0.3 is 18.7 Å². The fourth-order valence-electron chi connectivity index (χ4n) is 2.05. The molecule has 0 aliphatic rings.